The van der Waals surface area contributed by atoms with Gasteiger partial charge >= 0.3 is 5.69 Å². The van der Waals surface area contributed by atoms with Crippen molar-refractivity contribution < 1.29 is 19.2 Å². The van der Waals surface area contributed by atoms with Crippen LogP contribution in [-0.2, 0) is 4.79 Å². The number of methoxy groups -OCH3 is 1. The molecule has 1 aromatic carbocycles. The summed E-state index contributed by atoms with van der Waals surface area (Å²) < 4.78 is 4.98. The highest BCUT2D eigenvalue weighted by atomic mass is 16.6. The molecule has 1 fully saturated rings. The summed E-state index contributed by atoms with van der Waals surface area (Å²) in [4.78, 5) is 37.4. The predicted molar refractivity (Wildman–Crippen MR) is 105 cm³/mol. The van der Waals surface area contributed by atoms with Gasteiger partial charge in [0.15, 0.2) is 5.75 Å². The molecule has 1 heterocycles. The molecule has 1 N–H and O–H groups in total. The molecule has 1 atom stereocenters. The summed E-state index contributed by atoms with van der Waals surface area (Å²) >= 11 is 0. The number of nitro benzene ring substituents is 1. The van der Waals surface area contributed by atoms with Crippen LogP contribution in [0, 0.1) is 16.0 Å². The lowest BCUT2D eigenvalue weighted by molar-refractivity contribution is -0.385. The highest BCUT2D eigenvalue weighted by molar-refractivity contribution is 5.95. The monoisotopic (exact) mass is 391 g/mol. The van der Waals surface area contributed by atoms with Crippen molar-refractivity contribution in [1.29, 1.82) is 0 Å². The molecular weight excluding hydrogens is 362 g/mol. The molecule has 0 saturated carbocycles. The minimum atomic E-state index is -0.569. The van der Waals surface area contributed by atoms with Gasteiger partial charge in [-0.05, 0) is 31.4 Å². The van der Waals surface area contributed by atoms with Crippen LogP contribution in [0.25, 0.3) is 0 Å². The molecule has 2 amide bonds. The molecule has 1 aliphatic rings. The molecular formula is C20H29N3O5. The second-order valence-electron chi connectivity index (χ2n) is 7.09. The number of nitro groups is 1. The second-order valence-corrected chi connectivity index (χ2v) is 7.09. The Bertz CT molecular complexity index is 707. The van der Waals surface area contributed by atoms with Crippen molar-refractivity contribution in [2.75, 3.05) is 26.7 Å². The third-order valence-corrected chi connectivity index (χ3v) is 5.03. The molecule has 1 aliphatic heterocycles. The third-order valence-electron chi connectivity index (χ3n) is 5.03. The number of hydrogen-bond acceptors (Lipinski definition) is 5. The number of amides is 2. The van der Waals surface area contributed by atoms with Crippen LogP contribution in [0.15, 0.2) is 18.2 Å². The smallest absolute Gasteiger partial charge is 0.311 e. The van der Waals surface area contributed by atoms with Crippen molar-refractivity contribution in [2.24, 2.45) is 5.92 Å². The summed E-state index contributed by atoms with van der Waals surface area (Å²) in [5.74, 6) is -0.446. The number of unbranched alkanes of at least 4 members (excludes halogenated alkanes) is 3. The minimum Gasteiger partial charge on any atom is -0.490 e. The van der Waals surface area contributed by atoms with Gasteiger partial charge in [0, 0.05) is 31.3 Å². The topological polar surface area (TPSA) is 102 Å². The number of ether oxygens (including phenoxy) is 1. The molecule has 0 aliphatic carbocycles. The Morgan fingerprint density at radius 3 is 2.79 bits per heavy atom. The minimum absolute atomic E-state index is 0.0188. The first-order valence-corrected chi connectivity index (χ1v) is 9.87. The fraction of sp³-hybridized carbons (Fsp3) is 0.600. The van der Waals surface area contributed by atoms with E-state index in [0.29, 0.717) is 19.6 Å². The number of nitrogens with zero attached hydrogens (tertiary/aromatic N) is 2. The van der Waals surface area contributed by atoms with Gasteiger partial charge in [-0.3, -0.25) is 19.7 Å². The van der Waals surface area contributed by atoms with Crippen molar-refractivity contribution in [2.45, 2.75) is 45.4 Å². The molecule has 0 spiro atoms. The largest absolute Gasteiger partial charge is 0.490 e. The van der Waals surface area contributed by atoms with Crippen LogP contribution in [0.3, 0.4) is 0 Å². The fourth-order valence-corrected chi connectivity index (χ4v) is 3.43. The van der Waals surface area contributed by atoms with Gasteiger partial charge in [0.2, 0.25) is 5.91 Å². The zero-order valence-corrected chi connectivity index (χ0v) is 16.6. The van der Waals surface area contributed by atoms with Crippen LogP contribution >= 0.6 is 0 Å². The number of carbonyl (C=O) groups excluding carboxylic acids is 2. The van der Waals surface area contributed by atoms with Crippen LogP contribution < -0.4 is 10.1 Å². The fourth-order valence-electron chi connectivity index (χ4n) is 3.43. The van der Waals surface area contributed by atoms with Crippen LogP contribution in [0.4, 0.5) is 5.69 Å². The Labute approximate surface area is 165 Å². The Morgan fingerprint density at radius 1 is 1.32 bits per heavy atom. The van der Waals surface area contributed by atoms with E-state index in [-0.39, 0.29) is 34.7 Å². The van der Waals surface area contributed by atoms with E-state index >= 15 is 0 Å². The maximum absolute atomic E-state index is 12.8. The first kappa shape index (κ1) is 21.7. The maximum Gasteiger partial charge on any atom is 0.311 e. The molecule has 154 valence electrons. The molecule has 0 bridgehead atoms. The zero-order chi connectivity index (χ0) is 20.5. The molecule has 1 unspecified atom stereocenters. The number of likely N-dealkylation sites (tertiary alicyclic amines) is 1. The summed E-state index contributed by atoms with van der Waals surface area (Å²) in [7, 11) is 1.35. The number of nitrogens with one attached hydrogen (secondary N) is 1. The maximum atomic E-state index is 12.8. The summed E-state index contributed by atoms with van der Waals surface area (Å²) in [5.41, 5.74) is -0.0140. The Balaban J connectivity index is 1.98. The standard InChI is InChI=1S/C20H29N3O5/c1-3-4-5-6-11-21-19(24)16-8-7-12-22(14-16)20(25)15-9-10-18(28-2)17(13-15)23(26)27/h9-10,13,16H,3-8,11-12,14H2,1-2H3,(H,21,24). The van der Waals surface area contributed by atoms with Crippen LogP contribution in [0.1, 0.15) is 55.8 Å². The molecule has 28 heavy (non-hydrogen) atoms. The second kappa shape index (κ2) is 10.6. The Morgan fingerprint density at radius 2 is 2.11 bits per heavy atom. The summed E-state index contributed by atoms with van der Waals surface area (Å²) in [6.07, 6.45) is 5.85. The van der Waals surface area contributed by atoms with Crippen molar-refractivity contribution in [3.8, 4) is 5.75 Å². The van der Waals surface area contributed by atoms with E-state index in [4.69, 9.17) is 4.74 Å². The van der Waals surface area contributed by atoms with E-state index in [2.05, 4.69) is 12.2 Å². The lowest BCUT2D eigenvalue weighted by Gasteiger charge is -2.32. The van der Waals surface area contributed by atoms with Crippen molar-refractivity contribution >= 4 is 17.5 Å². The zero-order valence-electron chi connectivity index (χ0n) is 16.6. The third kappa shape index (κ3) is 5.68. The van der Waals surface area contributed by atoms with Gasteiger partial charge in [0.1, 0.15) is 0 Å². The van der Waals surface area contributed by atoms with Gasteiger partial charge in [0.05, 0.1) is 18.0 Å². The van der Waals surface area contributed by atoms with Crippen molar-refractivity contribution in [3.63, 3.8) is 0 Å². The van der Waals surface area contributed by atoms with Gasteiger partial charge in [-0.1, -0.05) is 26.2 Å². The number of carbonyl (C=O) groups is 2. The quantitative estimate of drug-likeness (QED) is 0.396. The number of hydrogen-bond donors (Lipinski definition) is 1. The molecule has 1 saturated heterocycles. The number of piperidine rings is 1. The number of benzene rings is 1. The molecule has 1 aromatic rings. The predicted octanol–water partition coefficient (Wildman–Crippen LogP) is 3.15. The molecule has 0 aromatic heterocycles. The summed E-state index contributed by atoms with van der Waals surface area (Å²) in [6.45, 7) is 3.68. The van der Waals surface area contributed by atoms with Gasteiger partial charge in [-0.2, -0.15) is 0 Å². The lowest BCUT2D eigenvalue weighted by atomic mass is 9.96. The highest BCUT2D eigenvalue weighted by Crippen LogP contribution is 2.28. The van der Waals surface area contributed by atoms with E-state index in [1.165, 1.54) is 25.3 Å². The summed E-state index contributed by atoms with van der Waals surface area (Å²) in [6, 6.07) is 4.18. The van der Waals surface area contributed by atoms with Gasteiger partial charge in [-0.15, -0.1) is 0 Å². The van der Waals surface area contributed by atoms with Gasteiger partial charge in [0.25, 0.3) is 5.91 Å². The number of rotatable bonds is 9. The molecule has 2 rings (SSSR count). The molecule has 8 heteroatoms. The van der Waals surface area contributed by atoms with E-state index in [1.807, 2.05) is 0 Å². The first-order chi connectivity index (χ1) is 13.5. The van der Waals surface area contributed by atoms with E-state index in [0.717, 1.165) is 38.5 Å². The van der Waals surface area contributed by atoms with Crippen molar-refractivity contribution in [3.05, 3.63) is 33.9 Å². The Kier molecular flexibility index (Phi) is 8.22. The van der Waals surface area contributed by atoms with Crippen LogP contribution in [-0.4, -0.2) is 48.4 Å². The lowest BCUT2D eigenvalue weighted by Crippen LogP contribution is -2.45. The summed E-state index contributed by atoms with van der Waals surface area (Å²) in [5, 5.41) is 14.2. The van der Waals surface area contributed by atoms with Gasteiger partial charge < -0.3 is 15.0 Å². The van der Waals surface area contributed by atoms with E-state index < -0.39 is 4.92 Å². The van der Waals surface area contributed by atoms with Crippen molar-refractivity contribution in [1.82, 2.24) is 10.2 Å². The molecule has 0 radical (unpaired) electrons. The normalized spacial score (nSPS) is 16.5. The van der Waals surface area contributed by atoms with E-state index in [9.17, 15) is 19.7 Å². The first-order valence-electron chi connectivity index (χ1n) is 9.87. The average molecular weight is 391 g/mol. The van der Waals surface area contributed by atoms with E-state index in [1.54, 1.807) is 4.90 Å². The van der Waals surface area contributed by atoms with Crippen LogP contribution in [0.2, 0.25) is 0 Å². The van der Waals surface area contributed by atoms with Crippen LogP contribution in [0.5, 0.6) is 5.75 Å². The Hall–Kier alpha value is -2.64. The van der Waals surface area contributed by atoms with Gasteiger partial charge in [-0.25, -0.2) is 0 Å². The highest BCUT2D eigenvalue weighted by Gasteiger charge is 2.29. The average Bonchev–Trinajstić information content (AvgIpc) is 2.72. The molecule has 8 nitrogen and oxygen atoms in total. The SMILES string of the molecule is CCCCCCNC(=O)C1CCCN(C(=O)c2ccc(OC)c([N+](=O)[O-])c2)C1.